The smallest absolute Gasteiger partial charge is 0.251 e. The van der Waals surface area contributed by atoms with Crippen molar-refractivity contribution in [2.45, 2.75) is 43.2 Å². The number of sulfonamides is 1. The molecule has 1 aliphatic heterocycles. The third kappa shape index (κ3) is 4.86. The average Bonchev–Trinajstić information content (AvgIpc) is 3.68. The van der Waals surface area contributed by atoms with Gasteiger partial charge in [-0.2, -0.15) is 4.31 Å². The van der Waals surface area contributed by atoms with E-state index >= 15 is 0 Å². The van der Waals surface area contributed by atoms with Gasteiger partial charge in [0, 0.05) is 38.3 Å². The van der Waals surface area contributed by atoms with E-state index in [0.717, 1.165) is 18.4 Å². The van der Waals surface area contributed by atoms with E-state index in [2.05, 4.69) is 5.32 Å². The van der Waals surface area contributed by atoms with Crippen LogP contribution in [-0.4, -0.2) is 55.6 Å². The molecule has 170 valence electrons. The quantitative estimate of drug-likeness (QED) is 0.695. The Hall–Kier alpha value is -2.71. The molecule has 1 atom stereocenters. The molecule has 32 heavy (non-hydrogen) atoms. The minimum absolute atomic E-state index is 0.0239. The van der Waals surface area contributed by atoms with Crippen molar-refractivity contribution in [1.82, 2.24) is 14.5 Å². The lowest BCUT2D eigenvalue weighted by Gasteiger charge is -2.34. The van der Waals surface area contributed by atoms with Gasteiger partial charge in [-0.05, 0) is 55.5 Å². The Morgan fingerprint density at radius 1 is 1.03 bits per heavy atom. The predicted octanol–water partition coefficient (Wildman–Crippen LogP) is 2.64. The molecule has 2 aliphatic rings. The van der Waals surface area contributed by atoms with Crippen molar-refractivity contribution in [3.05, 3.63) is 65.7 Å². The van der Waals surface area contributed by atoms with Crippen LogP contribution in [0.25, 0.3) is 0 Å². The number of carbonyl (C=O) groups is 2. The summed E-state index contributed by atoms with van der Waals surface area (Å²) in [5, 5.41) is 2.60. The third-order valence-electron chi connectivity index (χ3n) is 6.18. The molecule has 8 heteroatoms. The molecule has 7 nitrogen and oxygen atoms in total. The maximum Gasteiger partial charge on any atom is 0.251 e. The van der Waals surface area contributed by atoms with Crippen molar-refractivity contribution in [3.63, 3.8) is 0 Å². The highest BCUT2D eigenvalue weighted by Gasteiger charge is 2.39. The van der Waals surface area contributed by atoms with E-state index < -0.39 is 10.0 Å². The van der Waals surface area contributed by atoms with Crippen molar-refractivity contribution < 1.29 is 18.0 Å². The first-order valence-corrected chi connectivity index (χ1v) is 12.5. The number of hydrogen-bond acceptors (Lipinski definition) is 4. The fourth-order valence-corrected chi connectivity index (χ4v) is 5.76. The molecule has 1 unspecified atom stereocenters. The Morgan fingerprint density at radius 2 is 1.72 bits per heavy atom. The Balaban J connectivity index is 1.47. The highest BCUT2D eigenvalue weighted by Crippen LogP contribution is 2.32. The fourth-order valence-electron chi connectivity index (χ4n) is 4.21. The highest BCUT2D eigenvalue weighted by molar-refractivity contribution is 7.89. The number of benzene rings is 2. The second-order valence-corrected chi connectivity index (χ2v) is 10.4. The molecule has 1 saturated heterocycles. The van der Waals surface area contributed by atoms with Gasteiger partial charge < -0.3 is 10.2 Å². The van der Waals surface area contributed by atoms with Crippen LogP contribution in [0.5, 0.6) is 0 Å². The molecule has 1 heterocycles. The van der Waals surface area contributed by atoms with E-state index in [-0.39, 0.29) is 35.2 Å². The van der Waals surface area contributed by atoms with E-state index in [1.165, 1.54) is 4.31 Å². The molecule has 4 rings (SSSR count). The number of nitrogens with zero attached hydrogens (tertiary/aromatic N) is 2. The standard InChI is InChI=1S/C24H29N3O4S/c1-25-23(28)19-11-9-18(10-12-19)16-27(21-13-14-21)24(29)20-6-5-15-26(17-20)32(30,31)22-7-3-2-4-8-22/h2-4,7-12,20-21H,5-6,13-17H2,1H3,(H,25,28). The zero-order valence-electron chi connectivity index (χ0n) is 18.2. The minimum Gasteiger partial charge on any atom is -0.355 e. The SMILES string of the molecule is CNC(=O)c1ccc(CN(C(=O)C2CCCN(S(=O)(=O)c3ccccc3)C2)C2CC2)cc1. The Labute approximate surface area is 189 Å². The van der Waals surface area contributed by atoms with Gasteiger partial charge in [0.25, 0.3) is 5.91 Å². The van der Waals surface area contributed by atoms with E-state index in [1.807, 2.05) is 17.0 Å². The number of piperidine rings is 1. The zero-order valence-corrected chi connectivity index (χ0v) is 19.1. The van der Waals surface area contributed by atoms with Gasteiger partial charge in [-0.15, -0.1) is 0 Å². The molecular weight excluding hydrogens is 426 g/mol. The van der Waals surface area contributed by atoms with E-state index in [1.54, 1.807) is 49.5 Å². The van der Waals surface area contributed by atoms with Crippen molar-refractivity contribution in [1.29, 1.82) is 0 Å². The molecule has 0 spiro atoms. The zero-order chi connectivity index (χ0) is 22.7. The Bertz CT molecular complexity index is 1070. The molecule has 0 aromatic heterocycles. The Kier molecular flexibility index (Phi) is 6.62. The van der Waals surface area contributed by atoms with E-state index in [9.17, 15) is 18.0 Å². The van der Waals surface area contributed by atoms with Crippen LogP contribution in [0.2, 0.25) is 0 Å². The summed E-state index contributed by atoms with van der Waals surface area (Å²) in [5.41, 5.74) is 1.54. The summed E-state index contributed by atoms with van der Waals surface area (Å²) in [5.74, 6) is -0.461. The van der Waals surface area contributed by atoms with Crippen molar-refractivity contribution in [2.24, 2.45) is 5.92 Å². The van der Waals surface area contributed by atoms with E-state index in [4.69, 9.17) is 0 Å². The van der Waals surface area contributed by atoms with Crippen LogP contribution in [0.3, 0.4) is 0 Å². The molecule has 0 bridgehead atoms. The van der Waals surface area contributed by atoms with Crippen LogP contribution in [0, 0.1) is 5.92 Å². The third-order valence-corrected chi connectivity index (χ3v) is 8.06. The number of nitrogens with one attached hydrogen (secondary N) is 1. The van der Waals surface area contributed by atoms with Crippen LogP contribution in [0.1, 0.15) is 41.6 Å². The monoisotopic (exact) mass is 455 g/mol. The van der Waals surface area contributed by atoms with Gasteiger partial charge in [-0.25, -0.2) is 8.42 Å². The van der Waals surface area contributed by atoms with Gasteiger partial charge in [0.1, 0.15) is 0 Å². The lowest BCUT2D eigenvalue weighted by atomic mass is 9.97. The largest absolute Gasteiger partial charge is 0.355 e. The summed E-state index contributed by atoms with van der Waals surface area (Å²) in [6.45, 7) is 1.12. The number of rotatable bonds is 7. The van der Waals surface area contributed by atoms with Gasteiger partial charge in [0.05, 0.1) is 10.8 Å². The van der Waals surface area contributed by atoms with Crippen LogP contribution < -0.4 is 5.32 Å². The first-order valence-electron chi connectivity index (χ1n) is 11.1. The fraction of sp³-hybridized carbons (Fsp3) is 0.417. The molecule has 2 aromatic rings. The molecular formula is C24H29N3O4S. The van der Waals surface area contributed by atoms with Crippen LogP contribution in [0.4, 0.5) is 0 Å². The summed E-state index contributed by atoms with van der Waals surface area (Å²) < 4.78 is 27.5. The van der Waals surface area contributed by atoms with Crippen molar-refractivity contribution in [3.8, 4) is 0 Å². The molecule has 1 aliphatic carbocycles. The first kappa shape index (κ1) is 22.5. The lowest BCUT2D eigenvalue weighted by molar-refractivity contribution is -0.138. The number of amides is 2. The topological polar surface area (TPSA) is 86.8 Å². The van der Waals surface area contributed by atoms with Crippen LogP contribution in [-0.2, 0) is 21.4 Å². The summed E-state index contributed by atoms with van der Waals surface area (Å²) in [4.78, 5) is 27.4. The van der Waals surface area contributed by atoms with E-state index in [0.29, 0.717) is 31.5 Å². The maximum absolute atomic E-state index is 13.5. The molecule has 1 saturated carbocycles. The van der Waals surface area contributed by atoms with Crippen molar-refractivity contribution in [2.75, 3.05) is 20.1 Å². The number of hydrogen-bond donors (Lipinski definition) is 1. The Morgan fingerprint density at radius 3 is 2.34 bits per heavy atom. The summed E-state index contributed by atoms with van der Waals surface area (Å²) >= 11 is 0. The van der Waals surface area contributed by atoms with Crippen LogP contribution in [0.15, 0.2) is 59.5 Å². The highest BCUT2D eigenvalue weighted by atomic mass is 32.2. The first-order chi connectivity index (χ1) is 15.4. The lowest BCUT2D eigenvalue weighted by Crippen LogP contribution is -2.47. The summed E-state index contributed by atoms with van der Waals surface area (Å²) in [7, 11) is -2.02. The average molecular weight is 456 g/mol. The van der Waals surface area contributed by atoms with Gasteiger partial charge in [-0.3, -0.25) is 9.59 Å². The molecule has 2 aromatic carbocycles. The second-order valence-electron chi connectivity index (χ2n) is 8.49. The second kappa shape index (κ2) is 9.42. The maximum atomic E-state index is 13.5. The minimum atomic E-state index is -3.61. The predicted molar refractivity (Wildman–Crippen MR) is 121 cm³/mol. The molecule has 2 amide bonds. The van der Waals surface area contributed by atoms with Crippen molar-refractivity contribution >= 4 is 21.8 Å². The molecule has 0 radical (unpaired) electrons. The van der Waals surface area contributed by atoms with Gasteiger partial charge in [0.2, 0.25) is 15.9 Å². The van der Waals surface area contributed by atoms with Gasteiger partial charge in [-0.1, -0.05) is 30.3 Å². The normalized spacial score (nSPS) is 19.3. The number of carbonyl (C=O) groups excluding carboxylic acids is 2. The summed E-state index contributed by atoms with van der Waals surface area (Å²) in [6, 6.07) is 15.9. The molecule has 2 fully saturated rings. The molecule has 1 N–H and O–H groups in total. The van der Waals surface area contributed by atoms with Crippen LogP contribution >= 0.6 is 0 Å². The summed E-state index contributed by atoms with van der Waals surface area (Å²) in [6.07, 6.45) is 3.31. The van der Waals surface area contributed by atoms with Gasteiger partial charge >= 0.3 is 0 Å². The van der Waals surface area contributed by atoms with Gasteiger partial charge in [0.15, 0.2) is 0 Å².